The first-order valence-electron chi connectivity index (χ1n) is 9.75. The van der Waals surface area contributed by atoms with Crippen LogP contribution in [0.15, 0.2) is 78.6 Å². The van der Waals surface area contributed by atoms with Crippen molar-refractivity contribution in [3.05, 3.63) is 94.8 Å². The number of pyridine rings is 1. The molecule has 0 fully saturated rings. The molecule has 152 valence electrons. The molecule has 1 aromatic heterocycles. The Balaban J connectivity index is 1.56. The second kappa shape index (κ2) is 8.59. The minimum Gasteiger partial charge on any atom is -0.363 e. The first-order valence-corrected chi connectivity index (χ1v) is 10.1. The molecule has 30 heavy (non-hydrogen) atoms. The Morgan fingerprint density at radius 2 is 1.93 bits per heavy atom. The zero-order valence-corrected chi connectivity index (χ0v) is 17.7. The Kier molecular flexibility index (Phi) is 5.72. The molecule has 3 aromatic rings. The van der Waals surface area contributed by atoms with E-state index in [0.717, 1.165) is 29.2 Å². The summed E-state index contributed by atoms with van der Waals surface area (Å²) in [6, 6.07) is 19.6. The van der Waals surface area contributed by atoms with Crippen LogP contribution in [-0.2, 0) is 6.42 Å². The first-order chi connectivity index (χ1) is 14.5. The zero-order valence-electron chi connectivity index (χ0n) is 17.0. The van der Waals surface area contributed by atoms with Crippen molar-refractivity contribution < 1.29 is 4.79 Å². The van der Waals surface area contributed by atoms with Crippen LogP contribution in [0, 0.1) is 0 Å². The monoisotopic (exact) mass is 418 g/mol. The van der Waals surface area contributed by atoms with Gasteiger partial charge in [-0.3, -0.25) is 4.79 Å². The van der Waals surface area contributed by atoms with Crippen molar-refractivity contribution in [1.29, 1.82) is 0 Å². The normalized spacial score (nSPS) is 12.8. The van der Waals surface area contributed by atoms with Gasteiger partial charge < -0.3 is 15.1 Å². The maximum Gasteiger partial charge on any atom is 0.251 e. The standard InChI is InChI=1S/C24H23ClN4O/c1-28(2)23-13-19(10-11-26-23)24(30)27-15-17-12-18-8-9-20(25)14-22(18)29(16-17)21-6-4-3-5-7-21/h3-11,13-14,16H,12,15H2,1-2H3,(H,27,30). The van der Waals surface area contributed by atoms with Crippen LogP contribution in [0.4, 0.5) is 17.2 Å². The fourth-order valence-corrected chi connectivity index (χ4v) is 3.63. The van der Waals surface area contributed by atoms with Crippen LogP contribution in [0.1, 0.15) is 15.9 Å². The van der Waals surface area contributed by atoms with E-state index >= 15 is 0 Å². The molecule has 1 aliphatic rings. The third-order valence-corrected chi connectivity index (χ3v) is 5.25. The van der Waals surface area contributed by atoms with E-state index in [4.69, 9.17) is 11.6 Å². The van der Waals surface area contributed by atoms with Crippen LogP contribution in [-0.4, -0.2) is 31.5 Å². The average molecular weight is 419 g/mol. The number of rotatable bonds is 5. The average Bonchev–Trinajstić information content (AvgIpc) is 2.77. The minimum atomic E-state index is -0.116. The number of nitrogens with one attached hydrogen (secondary N) is 1. The number of hydrogen-bond acceptors (Lipinski definition) is 4. The highest BCUT2D eigenvalue weighted by Gasteiger charge is 2.20. The molecule has 0 spiro atoms. The highest BCUT2D eigenvalue weighted by molar-refractivity contribution is 6.31. The van der Waals surface area contributed by atoms with E-state index in [9.17, 15) is 4.79 Å². The first kappa shape index (κ1) is 20.0. The third-order valence-electron chi connectivity index (χ3n) is 5.01. The Bertz CT molecular complexity index is 1100. The molecule has 1 N–H and O–H groups in total. The van der Waals surface area contributed by atoms with Crippen molar-refractivity contribution in [2.45, 2.75) is 6.42 Å². The molecule has 0 radical (unpaired) electrons. The number of halogens is 1. The second-order valence-corrected chi connectivity index (χ2v) is 7.86. The van der Waals surface area contributed by atoms with Gasteiger partial charge in [-0.1, -0.05) is 35.9 Å². The Morgan fingerprint density at radius 1 is 1.13 bits per heavy atom. The summed E-state index contributed by atoms with van der Waals surface area (Å²) < 4.78 is 0. The number of carbonyl (C=O) groups excluding carboxylic acids is 1. The Labute approximate surface area is 181 Å². The number of fused-ring (bicyclic) bond motifs is 1. The smallest absolute Gasteiger partial charge is 0.251 e. The lowest BCUT2D eigenvalue weighted by Crippen LogP contribution is -2.29. The van der Waals surface area contributed by atoms with Crippen LogP contribution in [0.2, 0.25) is 5.02 Å². The molecule has 4 rings (SSSR count). The van der Waals surface area contributed by atoms with Gasteiger partial charge in [-0.05, 0) is 54.0 Å². The largest absolute Gasteiger partial charge is 0.363 e. The van der Waals surface area contributed by atoms with Crippen molar-refractivity contribution in [3.63, 3.8) is 0 Å². The molecule has 6 heteroatoms. The topological polar surface area (TPSA) is 48.5 Å². The van der Waals surface area contributed by atoms with Crippen molar-refractivity contribution in [2.75, 3.05) is 30.4 Å². The summed E-state index contributed by atoms with van der Waals surface area (Å²) in [5.74, 6) is 0.634. The van der Waals surface area contributed by atoms with Gasteiger partial charge in [-0.2, -0.15) is 0 Å². The molecule has 0 bridgehead atoms. The van der Waals surface area contributed by atoms with E-state index in [-0.39, 0.29) is 5.91 Å². The summed E-state index contributed by atoms with van der Waals surface area (Å²) >= 11 is 6.26. The number of aromatic nitrogens is 1. The van der Waals surface area contributed by atoms with Crippen LogP contribution in [0.25, 0.3) is 0 Å². The molecule has 0 unspecified atom stereocenters. The van der Waals surface area contributed by atoms with Gasteiger partial charge in [0.25, 0.3) is 5.91 Å². The zero-order chi connectivity index (χ0) is 21.1. The van der Waals surface area contributed by atoms with Crippen LogP contribution >= 0.6 is 11.6 Å². The van der Waals surface area contributed by atoms with E-state index < -0.39 is 0 Å². The Morgan fingerprint density at radius 3 is 2.70 bits per heavy atom. The van der Waals surface area contributed by atoms with Gasteiger partial charge in [-0.25, -0.2) is 4.98 Å². The molecule has 0 saturated heterocycles. The van der Waals surface area contributed by atoms with E-state index in [1.165, 1.54) is 5.56 Å². The van der Waals surface area contributed by atoms with Gasteiger partial charge in [0.05, 0.1) is 5.69 Å². The van der Waals surface area contributed by atoms with Gasteiger partial charge in [0, 0.05) is 49.3 Å². The third kappa shape index (κ3) is 4.31. The van der Waals surface area contributed by atoms with Crippen molar-refractivity contribution in [2.24, 2.45) is 0 Å². The predicted molar refractivity (Wildman–Crippen MR) is 123 cm³/mol. The predicted octanol–water partition coefficient (Wildman–Crippen LogP) is 4.81. The molecular formula is C24H23ClN4O. The molecule has 0 saturated carbocycles. The highest BCUT2D eigenvalue weighted by Crippen LogP contribution is 2.36. The lowest BCUT2D eigenvalue weighted by Gasteiger charge is -2.30. The maximum atomic E-state index is 12.7. The van der Waals surface area contributed by atoms with Gasteiger partial charge in [0.1, 0.15) is 5.82 Å². The van der Waals surface area contributed by atoms with Gasteiger partial charge in [0.2, 0.25) is 0 Å². The number of para-hydroxylation sites is 1. The van der Waals surface area contributed by atoms with E-state index in [1.807, 2.05) is 49.3 Å². The van der Waals surface area contributed by atoms with Crippen LogP contribution in [0.5, 0.6) is 0 Å². The summed E-state index contributed by atoms with van der Waals surface area (Å²) in [6.07, 6.45) is 4.50. The Hall–Kier alpha value is -3.31. The highest BCUT2D eigenvalue weighted by atomic mass is 35.5. The number of benzene rings is 2. The summed E-state index contributed by atoms with van der Waals surface area (Å²) in [6.45, 7) is 0.462. The van der Waals surface area contributed by atoms with Gasteiger partial charge in [-0.15, -0.1) is 0 Å². The summed E-state index contributed by atoms with van der Waals surface area (Å²) in [7, 11) is 3.80. The molecule has 0 atom stereocenters. The minimum absolute atomic E-state index is 0.116. The molecular weight excluding hydrogens is 396 g/mol. The van der Waals surface area contributed by atoms with E-state index in [2.05, 4.69) is 39.6 Å². The van der Waals surface area contributed by atoms with Crippen molar-refractivity contribution in [3.8, 4) is 0 Å². The number of anilines is 3. The van der Waals surface area contributed by atoms with Crippen LogP contribution < -0.4 is 15.1 Å². The molecule has 1 amide bonds. The number of nitrogens with zero attached hydrogens (tertiary/aromatic N) is 3. The molecule has 5 nitrogen and oxygen atoms in total. The van der Waals surface area contributed by atoms with Crippen molar-refractivity contribution >= 4 is 34.7 Å². The summed E-state index contributed by atoms with van der Waals surface area (Å²) in [5, 5.41) is 3.75. The fourth-order valence-electron chi connectivity index (χ4n) is 3.46. The number of hydrogen-bond donors (Lipinski definition) is 1. The molecule has 2 aromatic carbocycles. The SMILES string of the molecule is CN(C)c1cc(C(=O)NCC2=CN(c3ccccc3)c3cc(Cl)ccc3C2)ccn1. The van der Waals surface area contributed by atoms with Gasteiger partial charge >= 0.3 is 0 Å². The van der Waals surface area contributed by atoms with E-state index in [0.29, 0.717) is 17.1 Å². The lowest BCUT2D eigenvalue weighted by atomic mass is 9.98. The lowest BCUT2D eigenvalue weighted by molar-refractivity contribution is 0.0956. The molecule has 1 aliphatic heterocycles. The van der Waals surface area contributed by atoms with Crippen molar-refractivity contribution in [1.82, 2.24) is 10.3 Å². The summed E-state index contributed by atoms with van der Waals surface area (Å²) in [4.78, 5) is 21.0. The second-order valence-electron chi connectivity index (χ2n) is 7.42. The maximum absolute atomic E-state index is 12.7. The molecule has 2 heterocycles. The van der Waals surface area contributed by atoms with Crippen LogP contribution in [0.3, 0.4) is 0 Å². The fraction of sp³-hybridized carbons (Fsp3) is 0.167. The van der Waals surface area contributed by atoms with E-state index in [1.54, 1.807) is 18.3 Å². The summed E-state index contributed by atoms with van der Waals surface area (Å²) in [5.41, 5.74) is 5.00. The quantitative estimate of drug-likeness (QED) is 0.646. The number of amides is 1. The van der Waals surface area contributed by atoms with Gasteiger partial charge in [0.15, 0.2) is 0 Å². The molecule has 0 aliphatic carbocycles. The number of carbonyl (C=O) groups is 1.